The molecule has 0 unspecified atom stereocenters. The van der Waals surface area contributed by atoms with Crippen LogP contribution in [0.3, 0.4) is 0 Å². The Balaban J connectivity index is 2.24. The van der Waals surface area contributed by atoms with Crippen molar-refractivity contribution in [3.63, 3.8) is 0 Å². The number of nitrogen functional groups attached to an aromatic ring is 1. The van der Waals surface area contributed by atoms with Crippen LogP contribution in [0.15, 0.2) is 36.7 Å². The number of hydrogen-bond acceptors (Lipinski definition) is 6. The number of para-hydroxylation sites is 2. The Kier molecular flexibility index (Phi) is 3.89. The van der Waals surface area contributed by atoms with Crippen molar-refractivity contribution in [2.24, 2.45) is 5.84 Å². The first-order valence-corrected chi connectivity index (χ1v) is 5.38. The van der Waals surface area contributed by atoms with Gasteiger partial charge in [-0.25, -0.2) is 10.8 Å². The van der Waals surface area contributed by atoms with Crippen molar-refractivity contribution in [3.8, 4) is 5.75 Å². The van der Waals surface area contributed by atoms with Gasteiger partial charge in [-0.2, -0.15) is 0 Å². The minimum atomic E-state index is -4.77. The molecule has 0 atom stereocenters. The molecular weight excluding hydrogens is 275 g/mol. The molecule has 0 aliphatic rings. The van der Waals surface area contributed by atoms with E-state index in [1.807, 2.05) is 0 Å². The van der Waals surface area contributed by atoms with Crippen molar-refractivity contribution in [2.45, 2.75) is 6.36 Å². The van der Waals surface area contributed by atoms with Gasteiger partial charge < -0.3 is 15.5 Å². The molecule has 0 saturated carbocycles. The number of aromatic nitrogens is 2. The summed E-state index contributed by atoms with van der Waals surface area (Å²) in [6.45, 7) is 0. The second-order valence-electron chi connectivity index (χ2n) is 3.60. The van der Waals surface area contributed by atoms with E-state index in [4.69, 9.17) is 5.84 Å². The van der Waals surface area contributed by atoms with Gasteiger partial charge in [-0.3, -0.25) is 4.98 Å². The lowest BCUT2D eigenvalue weighted by molar-refractivity contribution is -0.274. The van der Waals surface area contributed by atoms with Crippen LogP contribution in [0.4, 0.5) is 30.5 Å². The second kappa shape index (κ2) is 5.61. The number of nitrogens with zero attached hydrogens (tertiary/aromatic N) is 2. The van der Waals surface area contributed by atoms with Crippen molar-refractivity contribution >= 4 is 17.3 Å². The van der Waals surface area contributed by atoms with Gasteiger partial charge in [0.2, 0.25) is 0 Å². The van der Waals surface area contributed by atoms with Gasteiger partial charge in [-0.15, -0.1) is 13.2 Å². The van der Waals surface area contributed by atoms with E-state index in [1.54, 1.807) is 6.07 Å². The molecule has 2 aromatic rings. The molecule has 0 aliphatic carbocycles. The van der Waals surface area contributed by atoms with Gasteiger partial charge in [0.1, 0.15) is 0 Å². The number of nitrogens with two attached hydrogens (primary N) is 1. The van der Waals surface area contributed by atoms with Crippen LogP contribution >= 0.6 is 0 Å². The zero-order valence-electron chi connectivity index (χ0n) is 9.98. The maximum Gasteiger partial charge on any atom is 0.573 e. The highest BCUT2D eigenvalue weighted by atomic mass is 19.4. The van der Waals surface area contributed by atoms with Crippen LogP contribution in [0.5, 0.6) is 5.75 Å². The number of hydrazine groups is 1. The monoisotopic (exact) mass is 285 g/mol. The first kappa shape index (κ1) is 13.9. The Morgan fingerprint density at radius 2 is 1.80 bits per heavy atom. The standard InChI is InChI=1S/C11H10F3N5O/c12-11(13,14)20-8-4-2-1-3-7(8)17-9-5-16-6-10(18-9)19-15/h1-6H,15H2,(H2,17,18,19). The molecule has 0 amide bonds. The quantitative estimate of drug-likeness (QED) is 0.591. The number of anilines is 3. The number of nitrogens with one attached hydrogen (secondary N) is 2. The molecule has 9 heteroatoms. The molecule has 0 fully saturated rings. The zero-order chi connectivity index (χ0) is 14.6. The normalized spacial score (nSPS) is 11.0. The molecule has 0 radical (unpaired) electrons. The van der Waals surface area contributed by atoms with Crippen LogP contribution in [0.2, 0.25) is 0 Å². The van der Waals surface area contributed by atoms with Gasteiger partial charge in [0.05, 0.1) is 18.1 Å². The van der Waals surface area contributed by atoms with E-state index in [2.05, 4.69) is 25.4 Å². The van der Waals surface area contributed by atoms with Crippen LogP contribution in [0, 0.1) is 0 Å². The summed E-state index contributed by atoms with van der Waals surface area (Å²) in [5.74, 6) is 5.29. The Bertz CT molecular complexity index is 590. The SMILES string of the molecule is NNc1cncc(Nc2ccccc2OC(F)(F)F)n1. The molecule has 106 valence electrons. The van der Waals surface area contributed by atoms with Crippen molar-refractivity contribution in [1.82, 2.24) is 9.97 Å². The Hall–Kier alpha value is -2.55. The van der Waals surface area contributed by atoms with Crippen LogP contribution in [0.1, 0.15) is 0 Å². The fourth-order valence-corrected chi connectivity index (χ4v) is 1.42. The number of hydrogen-bond donors (Lipinski definition) is 3. The van der Waals surface area contributed by atoms with E-state index in [-0.39, 0.29) is 23.1 Å². The zero-order valence-corrected chi connectivity index (χ0v) is 9.98. The Labute approximate surface area is 111 Å². The van der Waals surface area contributed by atoms with E-state index in [1.165, 1.54) is 30.6 Å². The molecule has 1 aromatic heterocycles. The summed E-state index contributed by atoms with van der Waals surface area (Å²) >= 11 is 0. The number of halogens is 3. The predicted octanol–water partition coefficient (Wildman–Crippen LogP) is 2.40. The van der Waals surface area contributed by atoms with Gasteiger partial charge >= 0.3 is 6.36 Å². The average molecular weight is 285 g/mol. The van der Waals surface area contributed by atoms with Crippen molar-refractivity contribution < 1.29 is 17.9 Å². The number of rotatable bonds is 4. The summed E-state index contributed by atoms with van der Waals surface area (Å²) in [5, 5.41) is 2.68. The van der Waals surface area contributed by atoms with Gasteiger partial charge in [0.25, 0.3) is 0 Å². The van der Waals surface area contributed by atoms with Gasteiger partial charge in [0, 0.05) is 0 Å². The summed E-state index contributed by atoms with van der Waals surface area (Å²) in [4.78, 5) is 7.80. The molecule has 20 heavy (non-hydrogen) atoms. The van der Waals surface area contributed by atoms with Crippen molar-refractivity contribution in [1.29, 1.82) is 0 Å². The van der Waals surface area contributed by atoms with E-state index in [9.17, 15) is 13.2 Å². The number of ether oxygens (including phenoxy) is 1. The van der Waals surface area contributed by atoms with Gasteiger partial charge in [0.15, 0.2) is 17.4 Å². The topological polar surface area (TPSA) is 85.1 Å². The highest BCUT2D eigenvalue weighted by Crippen LogP contribution is 2.31. The molecule has 0 aliphatic heterocycles. The van der Waals surface area contributed by atoms with E-state index in [0.29, 0.717) is 0 Å². The summed E-state index contributed by atoms with van der Waals surface area (Å²) in [6.07, 6.45) is -2.07. The molecule has 1 heterocycles. The van der Waals surface area contributed by atoms with Gasteiger partial charge in [-0.1, -0.05) is 12.1 Å². The fraction of sp³-hybridized carbons (Fsp3) is 0.0909. The van der Waals surface area contributed by atoms with Crippen molar-refractivity contribution in [3.05, 3.63) is 36.7 Å². The van der Waals surface area contributed by atoms with Crippen LogP contribution < -0.4 is 21.3 Å². The van der Waals surface area contributed by atoms with Crippen LogP contribution in [0.25, 0.3) is 0 Å². The summed E-state index contributed by atoms with van der Waals surface area (Å²) in [6, 6.07) is 5.60. The third-order valence-corrected chi connectivity index (χ3v) is 2.16. The first-order valence-electron chi connectivity index (χ1n) is 5.38. The predicted molar refractivity (Wildman–Crippen MR) is 66.2 cm³/mol. The van der Waals surface area contributed by atoms with E-state index >= 15 is 0 Å². The summed E-state index contributed by atoms with van der Waals surface area (Å²) in [5.41, 5.74) is 2.39. The first-order chi connectivity index (χ1) is 9.48. The number of alkyl halides is 3. The third kappa shape index (κ3) is 3.72. The van der Waals surface area contributed by atoms with E-state index < -0.39 is 6.36 Å². The third-order valence-electron chi connectivity index (χ3n) is 2.16. The van der Waals surface area contributed by atoms with Crippen LogP contribution in [-0.2, 0) is 0 Å². The maximum absolute atomic E-state index is 12.3. The minimum absolute atomic E-state index is 0.105. The second-order valence-corrected chi connectivity index (χ2v) is 3.60. The molecule has 6 nitrogen and oxygen atoms in total. The van der Waals surface area contributed by atoms with Crippen LogP contribution in [-0.4, -0.2) is 16.3 Å². The Morgan fingerprint density at radius 3 is 2.50 bits per heavy atom. The highest BCUT2D eigenvalue weighted by Gasteiger charge is 2.32. The molecule has 0 saturated heterocycles. The van der Waals surface area contributed by atoms with Crippen molar-refractivity contribution in [2.75, 3.05) is 10.7 Å². The molecule has 2 rings (SSSR count). The summed E-state index contributed by atoms with van der Waals surface area (Å²) in [7, 11) is 0. The lowest BCUT2D eigenvalue weighted by atomic mass is 10.3. The fourth-order valence-electron chi connectivity index (χ4n) is 1.42. The highest BCUT2D eigenvalue weighted by molar-refractivity contribution is 5.64. The summed E-state index contributed by atoms with van der Waals surface area (Å²) < 4.78 is 40.7. The lowest BCUT2D eigenvalue weighted by Gasteiger charge is -2.14. The maximum atomic E-state index is 12.3. The Morgan fingerprint density at radius 1 is 1.10 bits per heavy atom. The molecular formula is C11H10F3N5O. The van der Waals surface area contributed by atoms with Gasteiger partial charge in [-0.05, 0) is 12.1 Å². The molecule has 4 N–H and O–H groups in total. The lowest BCUT2D eigenvalue weighted by Crippen LogP contribution is -2.18. The molecule has 0 spiro atoms. The van der Waals surface area contributed by atoms with E-state index in [0.717, 1.165) is 0 Å². The molecule has 1 aromatic carbocycles. The minimum Gasteiger partial charge on any atom is -0.404 e. The smallest absolute Gasteiger partial charge is 0.404 e. The number of benzene rings is 1. The largest absolute Gasteiger partial charge is 0.573 e. The average Bonchev–Trinajstić information content (AvgIpc) is 2.40. The molecule has 0 bridgehead atoms.